The summed E-state index contributed by atoms with van der Waals surface area (Å²) in [7, 11) is 2.24. The Hall–Kier alpha value is -0.0800. The summed E-state index contributed by atoms with van der Waals surface area (Å²) in [6.45, 7) is 13.5. The average molecular weight is 268 g/mol. The third kappa shape index (κ3) is 6.76. The summed E-state index contributed by atoms with van der Waals surface area (Å²) in [5, 5.41) is 0. The van der Waals surface area contributed by atoms with E-state index in [1.165, 1.54) is 77.7 Å². The Morgan fingerprint density at radius 3 is 2.16 bits per heavy atom. The smallest absolute Gasteiger partial charge is 0.0110 e. The van der Waals surface area contributed by atoms with Gasteiger partial charge in [0.25, 0.3) is 0 Å². The van der Waals surface area contributed by atoms with E-state index in [0.29, 0.717) is 5.41 Å². The van der Waals surface area contributed by atoms with Gasteiger partial charge in [-0.2, -0.15) is 0 Å². The van der Waals surface area contributed by atoms with Crippen LogP contribution in [0.25, 0.3) is 0 Å². The van der Waals surface area contributed by atoms with Crippen LogP contribution < -0.4 is 0 Å². The molecular weight excluding hydrogens is 232 g/mol. The highest BCUT2D eigenvalue weighted by atomic mass is 15.2. The Bertz CT molecular complexity index is 221. The third-order valence-electron chi connectivity index (χ3n) is 5.11. The van der Waals surface area contributed by atoms with Crippen LogP contribution in [-0.4, -0.2) is 49.6 Å². The van der Waals surface area contributed by atoms with Crippen molar-refractivity contribution in [2.45, 2.75) is 65.7 Å². The zero-order valence-corrected chi connectivity index (χ0v) is 13.9. The average Bonchev–Trinajstić information content (AvgIpc) is 2.43. The van der Waals surface area contributed by atoms with Gasteiger partial charge in [0.1, 0.15) is 0 Å². The van der Waals surface area contributed by atoms with Crippen LogP contribution in [-0.2, 0) is 0 Å². The molecule has 1 rings (SSSR count). The number of hydrogen-bond acceptors (Lipinski definition) is 2. The summed E-state index contributed by atoms with van der Waals surface area (Å²) in [4.78, 5) is 5.11. The molecule has 1 heterocycles. The molecule has 0 radical (unpaired) electrons. The normalized spacial score (nSPS) is 21.5. The fourth-order valence-corrected chi connectivity index (χ4v) is 2.96. The first-order chi connectivity index (χ1) is 9.09. The van der Waals surface area contributed by atoms with Crippen molar-refractivity contribution >= 4 is 0 Å². The fourth-order valence-electron chi connectivity index (χ4n) is 2.96. The number of nitrogens with zero attached hydrogens (tertiary/aromatic N) is 2. The van der Waals surface area contributed by atoms with E-state index in [1.54, 1.807) is 0 Å². The van der Waals surface area contributed by atoms with Crippen molar-refractivity contribution in [2.75, 3.05) is 39.8 Å². The molecule has 114 valence electrons. The molecule has 0 spiro atoms. The second kappa shape index (κ2) is 8.97. The van der Waals surface area contributed by atoms with Crippen molar-refractivity contribution in [3.63, 3.8) is 0 Å². The van der Waals surface area contributed by atoms with Gasteiger partial charge in [-0.1, -0.05) is 52.9 Å². The van der Waals surface area contributed by atoms with Crippen LogP contribution in [0.5, 0.6) is 0 Å². The summed E-state index contributed by atoms with van der Waals surface area (Å²) in [5.41, 5.74) is 0.580. The van der Waals surface area contributed by atoms with E-state index in [0.717, 1.165) is 0 Å². The second-order valence-corrected chi connectivity index (χ2v) is 6.87. The summed E-state index contributed by atoms with van der Waals surface area (Å²) in [6, 6.07) is 0. The summed E-state index contributed by atoms with van der Waals surface area (Å²) >= 11 is 0. The van der Waals surface area contributed by atoms with Crippen molar-refractivity contribution < 1.29 is 0 Å². The molecule has 2 nitrogen and oxygen atoms in total. The maximum Gasteiger partial charge on any atom is 0.0110 e. The minimum atomic E-state index is 0.580. The van der Waals surface area contributed by atoms with E-state index < -0.39 is 0 Å². The highest BCUT2D eigenvalue weighted by molar-refractivity contribution is 4.77. The maximum atomic E-state index is 2.67. The van der Waals surface area contributed by atoms with Crippen LogP contribution in [0.15, 0.2) is 0 Å². The molecular formula is C17H36N2. The van der Waals surface area contributed by atoms with Crippen LogP contribution in [0.1, 0.15) is 65.7 Å². The predicted octanol–water partition coefficient (Wildman–Crippen LogP) is 4.01. The number of hydrogen-bond donors (Lipinski definition) is 0. The monoisotopic (exact) mass is 268 g/mol. The first-order valence-corrected chi connectivity index (χ1v) is 8.50. The van der Waals surface area contributed by atoms with Crippen molar-refractivity contribution in [2.24, 2.45) is 5.41 Å². The lowest BCUT2D eigenvalue weighted by Gasteiger charge is -2.36. The van der Waals surface area contributed by atoms with E-state index in [-0.39, 0.29) is 0 Å². The standard InChI is InChI=1S/C17H36N2/c1-5-7-8-9-10-17(3,6-2)11-12-19-15-13-18(4)14-16-19/h5-16H2,1-4H3. The lowest BCUT2D eigenvalue weighted by molar-refractivity contribution is 0.127. The molecule has 2 heteroatoms. The first-order valence-electron chi connectivity index (χ1n) is 8.50. The van der Waals surface area contributed by atoms with Gasteiger partial charge in [-0.05, 0) is 31.8 Å². The number of likely N-dealkylation sites (N-methyl/N-ethyl adjacent to an activating group) is 1. The lowest BCUT2D eigenvalue weighted by atomic mass is 9.79. The Balaban J connectivity index is 2.22. The fraction of sp³-hybridized carbons (Fsp3) is 1.00. The molecule has 1 fully saturated rings. The number of rotatable bonds is 9. The van der Waals surface area contributed by atoms with Crippen molar-refractivity contribution in [1.29, 1.82) is 0 Å². The van der Waals surface area contributed by atoms with Crippen molar-refractivity contribution in [3.05, 3.63) is 0 Å². The highest BCUT2D eigenvalue weighted by Gasteiger charge is 2.23. The Kier molecular flexibility index (Phi) is 8.01. The zero-order chi connectivity index (χ0) is 14.1. The molecule has 0 aromatic rings. The SMILES string of the molecule is CCCCCCC(C)(CC)CCN1CCN(C)CC1. The molecule has 1 aliphatic rings. The molecule has 0 saturated carbocycles. The summed E-state index contributed by atoms with van der Waals surface area (Å²) in [5.74, 6) is 0. The van der Waals surface area contributed by atoms with Crippen LogP contribution in [0, 0.1) is 5.41 Å². The quantitative estimate of drug-likeness (QED) is 0.583. The molecule has 1 saturated heterocycles. The van der Waals surface area contributed by atoms with Crippen molar-refractivity contribution in [1.82, 2.24) is 9.80 Å². The van der Waals surface area contributed by atoms with Crippen LogP contribution in [0.3, 0.4) is 0 Å². The molecule has 0 aromatic heterocycles. The number of piperazine rings is 1. The van der Waals surface area contributed by atoms with E-state index in [4.69, 9.17) is 0 Å². The van der Waals surface area contributed by atoms with Gasteiger partial charge in [0, 0.05) is 26.2 Å². The largest absolute Gasteiger partial charge is 0.304 e. The van der Waals surface area contributed by atoms with Gasteiger partial charge in [0.15, 0.2) is 0 Å². The Labute approximate surface area is 121 Å². The minimum absolute atomic E-state index is 0.580. The number of unbranched alkanes of at least 4 members (excludes halogenated alkanes) is 3. The van der Waals surface area contributed by atoms with Gasteiger partial charge >= 0.3 is 0 Å². The van der Waals surface area contributed by atoms with Gasteiger partial charge in [0.2, 0.25) is 0 Å². The molecule has 0 N–H and O–H groups in total. The van der Waals surface area contributed by atoms with Crippen molar-refractivity contribution in [3.8, 4) is 0 Å². The van der Waals surface area contributed by atoms with E-state index >= 15 is 0 Å². The topological polar surface area (TPSA) is 6.48 Å². The minimum Gasteiger partial charge on any atom is -0.304 e. The molecule has 1 aliphatic heterocycles. The van der Waals surface area contributed by atoms with Crippen LogP contribution in [0.2, 0.25) is 0 Å². The molecule has 0 aliphatic carbocycles. The zero-order valence-electron chi connectivity index (χ0n) is 13.9. The van der Waals surface area contributed by atoms with Gasteiger partial charge in [0.05, 0.1) is 0 Å². The van der Waals surface area contributed by atoms with Gasteiger partial charge in [-0.3, -0.25) is 0 Å². The molecule has 1 unspecified atom stereocenters. The van der Waals surface area contributed by atoms with Gasteiger partial charge < -0.3 is 9.80 Å². The van der Waals surface area contributed by atoms with Crippen LogP contribution in [0.4, 0.5) is 0 Å². The molecule has 19 heavy (non-hydrogen) atoms. The predicted molar refractivity (Wildman–Crippen MR) is 85.7 cm³/mol. The van der Waals surface area contributed by atoms with E-state index in [9.17, 15) is 0 Å². The lowest BCUT2D eigenvalue weighted by Crippen LogP contribution is -2.45. The van der Waals surface area contributed by atoms with Crippen LogP contribution >= 0.6 is 0 Å². The molecule has 0 aromatic carbocycles. The van der Waals surface area contributed by atoms with E-state index in [1.807, 2.05) is 0 Å². The summed E-state index contributed by atoms with van der Waals surface area (Å²) < 4.78 is 0. The first kappa shape index (κ1) is 17.0. The molecule has 1 atom stereocenters. The second-order valence-electron chi connectivity index (χ2n) is 6.87. The third-order valence-corrected chi connectivity index (χ3v) is 5.11. The highest BCUT2D eigenvalue weighted by Crippen LogP contribution is 2.32. The molecule has 0 bridgehead atoms. The van der Waals surface area contributed by atoms with Gasteiger partial charge in [-0.25, -0.2) is 0 Å². The Morgan fingerprint density at radius 2 is 1.58 bits per heavy atom. The maximum absolute atomic E-state index is 2.67. The summed E-state index contributed by atoms with van der Waals surface area (Å²) in [6.07, 6.45) is 9.79. The Morgan fingerprint density at radius 1 is 0.895 bits per heavy atom. The molecule has 0 amide bonds. The van der Waals surface area contributed by atoms with Gasteiger partial charge in [-0.15, -0.1) is 0 Å². The van der Waals surface area contributed by atoms with E-state index in [2.05, 4.69) is 37.6 Å².